The molecule has 0 unspecified atom stereocenters. The SMILES string of the molecule is CN1C(=O)C[C@@H](CNCc2cccc3c2OC(C)(C)C3)[C@@H]1c1cnn(C)c1. The normalized spacial score (nSPS) is 23.6. The number of para-hydroxylation sites is 1. The molecular weight excluding hydrogens is 340 g/mol. The Balaban J connectivity index is 1.44. The molecule has 0 bridgehead atoms. The van der Waals surface area contributed by atoms with Crippen molar-refractivity contribution in [3.63, 3.8) is 0 Å². The number of nitrogens with one attached hydrogen (secondary N) is 1. The van der Waals surface area contributed by atoms with Gasteiger partial charge in [-0.05, 0) is 19.4 Å². The molecule has 2 aromatic rings. The highest BCUT2D eigenvalue weighted by Gasteiger charge is 2.39. The van der Waals surface area contributed by atoms with Crippen molar-refractivity contribution in [3.8, 4) is 5.75 Å². The van der Waals surface area contributed by atoms with E-state index in [9.17, 15) is 4.79 Å². The molecule has 1 fully saturated rings. The van der Waals surface area contributed by atoms with E-state index in [0.29, 0.717) is 6.42 Å². The van der Waals surface area contributed by atoms with Crippen LogP contribution in [0, 0.1) is 5.92 Å². The average Bonchev–Trinajstić information content (AvgIpc) is 3.23. The summed E-state index contributed by atoms with van der Waals surface area (Å²) in [6.45, 7) is 5.78. The zero-order valence-electron chi connectivity index (χ0n) is 16.5. The van der Waals surface area contributed by atoms with Crippen LogP contribution in [-0.4, -0.2) is 39.8 Å². The molecule has 3 heterocycles. The number of carbonyl (C=O) groups excluding carboxylic acids is 1. The minimum absolute atomic E-state index is 0.0790. The lowest BCUT2D eigenvalue weighted by atomic mass is 9.95. The van der Waals surface area contributed by atoms with Gasteiger partial charge in [0.1, 0.15) is 11.4 Å². The van der Waals surface area contributed by atoms with Crippen molar-refractivity contribution >= 4 is 5.91 Å². The van der Waals surface area contributed by atoms with Crippen LogP contribution < -0.4 is 10.1 Å². The van der Waals surface area contributed by atoms with Gasteiger partial charge in [-0.25, -0.2) is 0 Å². The first-order valence-corrected chi connectivity index (χ1v) is 9.59. The molecule has 0 aliphatic carbocycles. The highest BCUT2D eigenvalue weighted by Crippen LogP contribution is 2.38. The molecule has 6 nitrogen and oxygen atoms in total. The van der Waals surface area contributed by atoms with Crippen LogP contribution in [-0.2, 0) is 24.8 Å². The Morgan fingerprint density at radius 2 is 2.15 bits per heavy atom. The van der Waals surface area contributed by atoms with Gasteiger partial charge in [0.25, 0.3) is 0 Å². The first kappa shape index (κ1) is 18.0. The Bertz CT molecular complexity index is 858. The number of rotatable bonds is 5. The van der Waals surface area contributed by atoms with Crippen LogP contribution in [0.5, 0.6) is 5.75 Å². The minimum Gasteiger partial charge on any atom is -0.487 e. The summed E-state index contributed by atoms with van der Waals surface area (Å²) < 4.78 is 7.96. The van der Waals surface area contributed by atoms with E-state index in [2.05, 4.69) is 42.5 Å². The molecule has 1 N–H and O–H groups in total. The van der Waals surface area contributed by atoms with Crippen LogP contribution in [0.1, 0.15) is 43.0 Å². The van der Waals surface area contributed by atoms with Gasteiger partial charge >= 0.3 is 0 Å². The Kier molecular flexibility index (Phi) is 4.46. The zero-order chi connectivity index (χ0) is 19.2. The quantitative estimate of drug-likeness (QED) is 0.881. The highest BCUT2D eigenvalue weighted by molar-refractivity contribution is 5.79. The number of fused-ring (bicyclic) bond motifs is 1. The summed E-state index contributed by atoms with van der Waals surface area (Å²) in [7, 11) is 3.80. The largest absolute Gasteiger partial charge is 0.487 e. The number of ether oxygens (including phenoxy) is 1. The lowest BCUT2D eigenvalue weighted by molar-refractivity contribution is -0.127. The maximum absolute atomic E-state index is 12.3. The van der Waals surface area contributed by atoms with E-state index in [-0.39, 0.29) is 23.5 Å². The van der Waals surface area contributed by atoms with Gasteiger partial charge in [0.05, 0.1) is 12.2 Å². The molecule has 0 saturated carbocycles. The second kappa shape index (κ2) is 6.68. The summed E-state index contributed by atoms with van der Waals surface area (Å²) in [4.78, 5) is 14.1. The van der Waals surface area contributed by atoms with Crippen molar-refractivity contribution in [1.29, 1.82) is 0 Å². The number of nitrogens with zero attached hydrogens (tertiary/aromatic N) is 3. The molecule has 2 aliphatic heterocycles. The van der Waals surface area contributed by atoms with Crippen LogP contribution in [0.25, 0.3) is 0 Å². The standard InChI is InChI=1S/C21H28N4O2/c1-21(2)9-14-6-5-7-15(20(14)27-21)10-22-11-16-8-18(26)25(4)19(16)17-12-23-24(3)13-17/h5-7,12-13,16,19,22H,8-11H2,1-4H3/t16-,19+/m0/s1. The van der Waals surface area contributed by atoms with Crippen LogP contribution in [0.4, 0.5) is 0 Å². The van der Waals surface area contributed by atoms with Crippen molar-refractivity contribution in [2.75, 3.05) is 13.6 Å². The maximum Gasteiger partial charge on any atom is 0.223 e. The molecule has 1 aromatic heterocycles. The van der Waals surface area contributed by atoms with E-state index in [1.165, 1.54) is 11.1 Å². The summed E-state index contributed by atoms with van der Waals surface area (Å²) in [6, 6.07) is 6.45. The fraction of sp³-hybridized carbons (Fsp3) is 0.524. The number of likely N-dealkylation sites (tertiary alicyclic amines) is 1. The predicted octanol–water partition coefficient (Wildman–Crippen LogP) is 2.44. The van der Waals surface area contributed by atoms with Gasteiger partial charge in [-0.3, -0.25) is 9.48 Å². The number of benzene rings is 1. The Hall–Kier alpha value is -2.34. The smallest absolute Gasteiger partial charge is 0.223 e. The lowest BCUT2D eigenvalue weighted by Gasteiger charge is -2.24. The van der Waals surface area contributed by atoms with E-state index >= 15 is 0 Å². The van der Waals surface area contributed by atoms with Gasteiger partial charge in [0.2, 0.25) is 5.91 Å². The van der Waals surface area contributed by atoms with Gasteiger partial charge in [0.15, 0.2) is 0 Å². The summed E-state index contributed by atoms with van der Waals surface area (Å²) >= 11 is 0. The molecule has 144 valence electrons. The second-order valence-corrected chi connectivity index (χ2v) is 8.44. The third-order valence-corrected chi connectivity index (χ3v) is 5.65. The van der Waals surface area contributed by atoms with E-state index in [1.807, 2.05) is 31.4 Å². The number of carbonyl (C=O) groups is 1. The van der Waals surface area contributed by atoms with Crippen LogP contribution in [0.15, 0.2) is 30.6 Å². The number of hydrogen-bond donors (Lipinski definition) is 1. The van der Waals surface area contributed by atoms with Crippen LogP contribution in [0.2, 0.25) is 0 Å². The van der Waals surface area contributed by atoms with Crippen LogP contribution in [0.3, 0.4) is 0 Å². The number of aromatic nitrogens is 2. The monoisotopic (exact) mass is 368 g/mol. The molecule has 1 aromatic carbocycles. The molecule has 1 saturated heterocycles. The Labute approximate surface area is 160 Å². The van der Waals surface area contributed by atoms with E-state index < -0.39 is 0 Å². The van der Waals surface area contributed by atoms with Gasteiger partial charge < -0.3 is 15.0 Å². The number of hydrogen-bond acceptors (Lipinski definition) is 4. The summed E-state index contributed by atoms with van der Waals surface area (Å²) in [5.74, 6) is 1.46. The Morgan fingerprint density at radius 3 is 2.89 bits per heavy atom. The van der Waals surface area contributed by atoms with Crippen molar-refractivity contribution < 1.29 is 9.53 Å². The van der Waals surface area contributed by atoms with Crippen LogP contribution >= 0.6 is 0 Å². The first-order chi connectivity index (χ1) is 12.8. The first-order valence-electron chi connectivity index (χ1n) is 9.59. The second-order valence-electron chi connectivity index (χ2n) is 8.44. The zero-order valence-corrected chi connectivity index (χ0v) is 16.5. The summed E-state index contributed by atoms with van der Waals surface area (Å²) in [5.41, 5.74) is 3.44. The molecule has 6 heteroatoms. The van der Waals surface area contributed by atoms with Gasteiger partial charge in [-0.1, -0.05) is 18.2 Å². The van der Waals surface area contributed by atoms with Crippen molar-refractivity contribution in [3.05, 3.63) is 47.3 Å². The van der Waals surface area contributed by atoms with Crippen molar-refractivity contribution in [2.45, 2.75) is 44.9 Å². The van der Waals surface area contributed by atoms with Gasteiger partial charge in [0, 0.05) is 63.3 Å². The van der Waals surface area contributed by atoms with E-state index in [1.54, 1.807) is 4.68 Å². The van der Waals surface area contributed by atoms with E-state index in [0.717, 1.165) is 30.8 Å². The third kappa shape index (κ3) is 3.46. The lowest BCUT2D eigenvalue weighted by Crippen LogP contribution is -2.29. The third-order valence-electron chi connectivity index (χ3n) is 5.65. The average molecular weight is 368 g/mol. The maximum atomic E-state index is 12.3. The molecule has 27 heavy (non-hydrogen) atoms. The van der Waals surface area contributed by atoms with E-state index in [4.69, 9.17) is 4.74 Å². The predicted molar refractivity (Wildman–Crippen MR) is 103 cm³/mol. The molecule has 0 spiro atoms. The van der Waals surface area contributed by atoms with Gasteiger partial charge in [-0.15, -0.1) is 0 Å². The molecule has 2 atom stereocenters. The number of amides is 1. The fourth-order valence-electron chi connectivity index (χ4n) is 4.43. The molecule has 4 rings (SSSR count). The summed E-state index contributed by atoms with van der Waals surface area (Å²) in [6.07, 6.45) is 5.39. The fourth-order valence-corrected chi connectivity index (χ4v) is 4.43. The highest BCUT2D eigenvalue weighted by atomic mass is 16.5. The molecule has 0 radical (unpaired) electrons. The number of aryl methyl sites for hydroxylation is 1. The van der Waals surface area contributed by atoms with Crippen molar-refractivity contribution in [1.82, 2.24) is 20.0 Å². The summed E-state index contributed by atoms with van der Waals surface area (Å²) in [5, 5.41) is 7.84. The minimum atomic E-state index is -0.134. The van der Waals surface area contributed by atoms with Gasteiger partial charge in [-0.2, -0.15) is 5.10 Å². The Morgan fingerprint density at radius 1 is 1.33 bits per heavy atom. The molecular formula is C21H28N4O2. The van der Waals surface area contributed by atoms with Crippen molar-refractivity contribution in [2.24, 2.45) is 13.0 Å². The molecule has 1 amide bonds. The topological polar surface area (TPSA) is 59.4 Å². The molecule has 2 aliphatic rings.